The number of aromatic hydroxyl groups is 1. The van der Waals surface area contributed by atoms with Crippen molar-refractivity contribution < 1.29 is 5.11 Å². The molecule has 0 aromatic heterocycles. The minimum absolute atomic E-state index is 0.383. The Morgan fingerprint density at radius 1 is 1.22 bits per heavy atom. The van der Waals surface area contributed by atoms with Crippen molar-refractivity contribution in [3.8, 4) is 5.75 Å². The van der Waals surface area contributed by atoms with Gasteiger partial charge in [0.15, 0.2) is 0 Å². The van der Waals surface area contributed by atoms with E-state index < -0.39 is 0 Å². The fourth-order valence-corrected chi connectivity index (χ4v) is 0.739. The SMILES string of the molecule is Cc1c[c]cc(C)c1O. The Morgan fingerprint density at radius 3 is 2.00 bits per heavy atom. The minimum atomic E-state index is 0.383. The Labute approximate surface area is 55.0 Å². The monoisotopic (exact) mass is 121 g/mol. The molecule has 0 bridgehead atoms. The zero-order chi connectivity index (χ0) is 6.85. The molecule has 0 spiro atoms. The van der Waals surface area contributed by atoms with Crippen LogP contribution in [0.1, 0.15) is 11.1 Å². The molecule has 0 fully saturated rings. The summed E-state index contributed by atoms with van der Waals surface area (Å²) in [7, 11) is 0. The molecular weight excluding hydrogens is 112 g/mol. The van der Waals surface area contributed by atoms with Gasteiger partial charge < -0.3 is 5.11 Å². The first kappa shape index (κ1) is 6.14. The fourth-order valence-electron chi connectivity index (χ4n) is 0.739. The molecule has 0 amide bonds. The zero-order valence-corrected chi connectivity index (χ0v) is 5.60. The lowest BCUT2D eigenvalue weighted by atomic mass is 10.1. The third-order valence-electron chi connectivity index (χ3n) is 1.35. The molecular formula is C8H9O. The summed E-state index contributed by atoms with van der Waals surface area (Å²) < 4.78 is 0. The van der Waals surface area contributed by atoms with Crippen molar-refractivity contribution in [1.82, 2.24) is 0 Å². The van der Waals surface area contributed by atoms with E-state index in [4.69, 9.17) is 0 Å². The van der Waals surface area contributed by atoms with Gasteiger partial charge in [-0.05, 0) is 43.2 Å². The van der Waals surface area contributed by atoms with Gasteiger partial charge >= 0.3 is 0 Å². The second-order valence-electron chi connectivity index (χ2n) is 2.17. The molecule has 1 radical (unpaired) electrons. The van der Waals surface area contributed by atoms with Gasteiger partial charge in [-0.25, -0.2) is 0 Å². The summed E-state index contributed by atoms with van der Waals surface area (Å²) in [4.78, 5) is 0. The number of phenols is 1. The summed E-state index contributed by atoms with van der Waals surface area (Å²) >= 11 is 0. The van der Waals surface area contributed by atoms with Crippen molar-refractivity contribution in [3.63, 3.8) is 0 Å². The molecule has 0 heterocycles. The smallest absolute Gasteiger partial charge is 0.121 e. The van der Waals surface area contributed by atoms with Gasteiger partial charge in [-0.15, -0.1) is 0 Å². The van der Waals surface area contributed by atoms with Crippen LogP contribution in [0.15, 0.2) is 12.1 Å². The molecule has 9 heavy (non-hydrogen) atoms. The maximum atomic E-state index is 9.19. The van der Waals surface area contributed by atoms with Crippen LogP contribution in [0.25, 0.3) is 0 Å². The maximum absolute atomic E-state index is 9.19. The third kappa shape index (κ3) is 1.04. The number of rotatable bonds is 0. The van der Waals surface area contributed by atoms with Crippen LogP contribution in [0, 0.1) is 19.9 Å². The predicted molar refractivity (Wildman–Crippen MR) is 36.4 cm³/mol. The van der Waals surface area contributed by atoms with E-state index in [0.717, 1.165) is 11.1 Å². The molecule has 1 aromatic rings. The number of benzene rings is 1. The van der Waals surface area contributed by atoms with E-state index in [2.05, 4.69) is 6.07 Å². The molecule has 0 saturated carbocycles. The molecule has 0 aliphatic carbocycles. The van der Waals surface area contributed by atoms with Crippen LogP contribution < -0.4 is 0 Å². The summed E-state index contributed by atoms with van der Waals surface area (Å²) in [5.74, 6) is 0.383. The largest absolute Gasteiger partial charge is 0.507 e. The fraction of sp³-hybridized carbons (Fsp3) is 0.250. The van der Waals surface area contributed by atoms with Crippen molar-refractivity contribution in [2.24, 2.45) is 0 Å². The Hall–Kier alpha value is -0.980. The lowest BCUT2D eigenvalue weighted by molar-refractivity contribution is 0.467. The van der Waals surface area contributed by atoms with E-state index in [1.165, 1.54) is 0 Å². The first-order valence-electron chi connectivity index (χ1n) is 2.88. The summed E-state index contributed by atoms with van der Waals surface area (Å²) in [6.45, 7) is 3.72. The molecule has 1 rings (SSSR count). The van der Waals surface area contributed by atoms with Gasteiger partial charge in [-0.1, -0.05) is 0 Å². The van der Waals surface area contributed by atoms with Crippen LogP contribution >= 0.6 is 0 Å². The quantitative estimate of drug-likeness (QED) is 0.555. The lowest BCUT2D eigenvalue weighted by Gasteiger charge is -1.98. The lowest BCUT2D eigenvalue weighted by Crippen LogP contribution is -1.77. The van der Waals surface area contributed by atoms with E-state index in [-0.39, 0.29) is 0 Å². The highest BCUT2D eigenvalue weighted by Gasteiger charge is 1.95. The number of hydrogen-bond acceptors (Lipinski definition) is 1. The summed E-state index contributed by atoms with van der Waals surface area (Å²) in [6, 6.07) is 6.44. The molecule has 0 aliphatic rings. The molecule has 1 aromatic carbocycles. The van der Waals surface area contributed by atoms with Crippen molar-refractivity contribution in [2.75, 3.05) is 0 Å². The van der Waals surface area contributed by atoms with Gasteiger partial charge in [-0.2, -0.15) is 0 Å². The van der Waals surface area contributed by atoms with Crippen molar-refractivity contribution in [1.29, 1.82) is 0 Å². The average Bonchev–Trinajstić information content (AvgIpc) is 1.83. The highest BCUT2D eigenvalue weighted by Crippen LogP contribution is 2.18. The first-order chi connectivity index (χ1) is 4.22. The van der Waals surface area contributed by atoms with Gasteiger partial charge in [0.2, 0.25) is 0 Å². The van der Waals surface area contributed by atoms with Gasteiger partial charge in [0.05, 0.1) is 0 Å². The average molecular weight is 121 g/mol. The van der Waals surface area contributed by atoms with Crippen molar-refractivity contribution >= 4 is 0 Å². The van der Waals surface area contributed by atoms with Crippen LogP contribution in [-0.2, 0) is 0 Å². The zero-order valence-electron chi connectivity index (χ0n) is 5.60. The van der Waals surface area contributed by atoms with Gasteiger partial charge in [0, 0.05) is 0 Å². The maximum Gasteiger partial charge on any atom is 0.121 e. The number of aryl methyl sites for hydroxylation is 2. The molecule has 47 valence electrons. The second-order valence-corrected chi connectivity index (χ2v) is 2.17. The van der Waals surface area contributed by atoms with Crippen LogP contribution in [0.4, 0.5) is 0 Å². The highest BCUT2D eigenvalue weighted by molar-refractivity contribution is 5.37. The van der Waals surface area contributed by atoms with Crippen LogP contribution in [0.5, 0.6) is 5.75 Å². The topological polar surface area (TPSA) is 20.2 Å². The molecule has 0 aliphatic heterocycles. The molecule has 0 atom stereocenters. The third-order valence-corrected chi connectivity index (χ3v) is 1.35. The molecule has 1 heteroatoms. The summed E-state index contributed by atoms with van der Waals surface area (Å²) in [5.41, 5.74) is 1.77. The highest BCUT2D eigenvalue weighted by atomic mass is 16.3. The summed E-state index contributed by atoms with van der Waals surface area (Å²) in [6.07, 6.45) is 0. The van der Waals surface area contributed by atoms with Crippen LogP contribution in [0.2, 0.25) is 0 Å². The molecule has 1 N–H and O–H groups in total. The number of phenolic OH excluding ortho intramolecular Hbond substituents is 1. The number of hydrogen-bond donors (Lipinski definition) is 1. The van der Waals surface area contributed by atoms with E-state index >= 15 is 0 Å². The minimum Gasteiger partial charge on any atom is -0.507 e. The van der Waals surface area contributed by atoms with Crippen LogP contribution in [-0.4, -0.2) is 5.11 Å². The standard InChI is InChI=1S/C8H9O/c1-6-4-3-5-7(2)8(6)9/h4-5,9H,1-2H3. The van der Waals surface area contributed by atoms with Gasteiger partial charge in [0.25, 0.3) is 0 Å². The van der Waals surface area contributed by atoms with Crippen molar-refractivity contribution in [3.05, 3.63) is 29.3 Å². The molecule has 0 unspecified atom stereocenters. The molecule has 1 nitrogen and oxygen atoms in total. The van der Waals surface area contributed by atoms with Gasteiger partial charge in [-0.3, -0.25) is 0 Å². The predicted octanol–water partition coefficient (Wildman–Crippen LogP) is 1.81. The molecule has 0 saturated heterocycles. The van der Waals surface area contributed by atoms with E-state index in [0.29, 0.717) is 5.75 Å². The summed E-state index contributed by atoms with van der Waals surface area (Å²) in [5, 5.41) is 9.19. The van der Waals surface area contributed by atoms with E-state index in [9.17, 15) is 5.11 Å². The van der Waals surface area contributed by atoms with E-state index in [1.807, 2.05) is 13.8 Å². The Morgan fingerprint density at radius 2 is 1.67 bits per heavy atom. The Balaban J connectivity index is 3.25. The first-order valence-corrected chi connectivity index (χ1v) is 2.88. The van der Waals surface area contributed by atoms with Crippen LogP contribution in [0.3, 0.4) is 0 Å². The Bertz CT molecular complexity index is 196. The van der Waals surface area contributed by atoms with Gasteiger partial charge in [0.1, 0.15) is 5.75 Å². The van der Waals surface area contributed by atoms with E-state index in [1.54, 1.807) is 12.1 Å². The Kier molecular flexibility index (Phi) is 1.43. The normalized spacial score (nSPS) is 9.56. The second kappa shape index (κ2) is 2.09. The van der Waals surface area contributed by atoms with Crippen molar-refractivity contribution in [2.45, 2.75) is 13.8 Å².